The van der Waals surface area contributed by atoms with E-state index >= 15 is 0 Å². The molecule has 6 heteroatoms. The normalized spacial score (nSPS) is 19.1. The Kier molecular flexibility index (Phi) is 6.49. The predicted octanol–water partition coefficient (Wildman–Crippen LogP) is 8.10. The Morgan fingerprint density at radius 2 is 0.750 bits per heavy atom. The van der Waals surface area contributed by atoms with Gasteiger partial charge in [0.1, 0.15) is 0 Å². The Morgan fingerprint density at radius 3 is 1.14 bits per heavy atom. The van der Waals surface area contributed by atoms with Crippen molar-refractivity contribution in [1.82, 2.24) is 19.6 Å². The molecule has 0 spiro atoms. The fourth-order valence-electron chi connectivity index (χ4n) is 8.45. The molecule has 5 aromatic carbocycles. The molecular weight excluding hydrogens is 540 g/mol. The van der Waals surface area contributed by atoms with E-state index in [0.29, 0.717) is 0 Å². The summed E-state index contributed by atoms with van der Waals surface area (Å²) in [5, 5.41) is 10.4. The number of hydrogen-bond acceptors (Lipinski definition) is 2. The van der Waals surface area contributed by atoms with Crippen LogP contribution in [0.3, 0.4) is 0 Å². The maximum absolute atomic E-state index is 5.63. The van der Waals surface area contributed by atoms with Crippen molar-refractivity contribution in [2.24, 2.45) is 9.98 Å². The first-order valence-corrected chi connectivity index (χ1v) is 17.1. The highest BCUT2D eigenvalue weighted by atomic mass is 15.4. The molecule has 0 unspecified atom stereocenters. The van der Waals surface area contributed by atoms with Gasteiger partial charge in [-0.05, 0) is 95.8 Å². The van der Waals surface area contributed by atoms with E-state index in [2.05, 4.69) is 80.3 Å². The molecule has 224 valence electrons. The van der Waals surface area contributed by atoms with Crippen molar-refractivity contribution >= 4 is 66.4 Å². The zero-order valence-electron chi connectivity index (χ0n) is 25.8. The summed E-state index contributed by atoms with van der Waals surface area (Å²) in [6.07, 6.45) is 10.0. The summed E-state index contributed by atoms with van der Waals surface area (Å²) in [6, 6.07) is 22.8. The van der Waals surface area contributed by atoms with Crippen molar-refractivity contribution in [2.75, 3.05) is 52.4 Å². The van der Waals surface area contributed by atoms with Crippen LogP contribution in [0.25, 0.3) is 43.1 Å². The molecule has 5 aromatic rings. The van der Waals surface area contributed by atoms with Crippen LogP contribution in [0, 0.1) is 0 Å². The molecule has 0 bridgehead atoms. The smallest absolute Gasteiger partial charge is 0.201 e. The lowest BCUT2D eigenvalue weighted by Crippen LogP contribution is -2.41. The number of likely N-dealkylation sites (tertiary alicyclic amines) is 4. The average molecular weight is 583 g/mol. The van der Waals surface area contributed by atoms with Crippen LogP contribution in [0.15, 0.2) is 70.6 Å². The number of nitrogens with zero attached hydrogens (tertiary/aromatic N) is 6. The number of guanidine groups is 2. The fraction of sp³-hybridized carbons (Fsp3) is 0.421. The van der Waals surface area contributed by atoms with Gasteiger partial charge < -0.3 is 19.6 Å². The van der Waals surface area contributed by atoms with Crippen molar-refractivity contribution in [1.29, 1.82) is 0 Å². The quantitative estimate of drug-likeness (QED) is 0.0912. The Bertz CT molecular complexity index is 1730. The van der Waals surface area contributed by atoms with Gasteiger partial charge in [0.05, 0.1) is 11.4 Å². The second kappa shape index (κ2) is 10.8. The topological polar surface area (TPSA) is 37.7 Å². The molecule has 4 heterocycles. The maximum atomic E-state index is 5.63. The number of aliphatic imine (C=N–C) groups is 2. The Balaban J connectivity index is 1.35. The van der Waals surface area contributed by atoms with Gasteiger partial charge in [-0.1, -0.05) is 48.5 Å². The zero-order chi connectivity index (χ0) is 29.0. The lowest BCUT2D eigenvalue weighted by Gasteiger charge is -2.29. The van der Waals surface area contributed by atoms with Gasteiger partial charge in [0.15, 0.2) is 0 Å². The van der Waals surface area contributed by atoms with Crippen LogP contribution in [0.2, 0.25) is 0 Å². The standard InChI is InChI=1S/C38H42N6/c1-2-20-41(19-1)37(42-21-3-4-22-42)39-32-17-15-30-28-13-9-11-27-12-10-14-29(34(27)28)31-16-18-33(36(32)35(30)31)40-38(43-23-5-6-24-43)44-25-7-8-26-44/h9-18H,1-8,19-26H2. The van der Waals surface area contributed by atoms with E-state index in [1.165, 1.54) is 106 Å². The van der Waals surface area contributed by atoms with Gasteiger partial charge in [-0.15, -0.1) is 0 Å². The molecule has 4 saturated heterocycles. The molecule has 0 aromatic heterocycles. The van der Waals surface area contributed by atoms with Crippen LogP contribution in [0.4, 0.5) is 11.4 Å². The second-order valence-corrected chi connectivity index (χ2v) is 13.3. The van der Waals surface area contributed by atoms with E-state index in [0.717, 1.165) is 63.7 Å². The van der Waals surface area contributed by atoms with Crippen LogP contribution in [-0.4, -0.2) is 83.9 Å². The van der Waals surface area contributed by atoms with Crippen molar-refractivity contribution in [2.45, 2.75) is 51.4 Å². The highest BCUT2D eigenvalue weighted by molar-refractivity contribution is 6.35. The van der Waals surface area contributed by atoms with Gasteiger partial charge in [0.2, 0.25) is 11.9 Å². The molecule has 44 heavy (non-hydrogen) atoms. The Labute approximate surface area is 260 Å². The fourth-order valence-corrected chi connectivity index (χ4v) is 8.45. The maximum Gasteiger partial charge on any atom is 0.201 e. The third-order valence-corrected chi connectivity index (χ3v) is 10.6. The Morgan fingerprint density at radius 1 is 0.386 bits per heavy atom. The van der Waals surface area contributed by atoms with Gasteiger partial charge in [0.25, 0.3) is 0 Å². The van der Waals surface area contributed by atoms with Gasteiger partial charge >= 0.3 is 0 Å². The van der Waals surface area contributed by atoms with Crippen LogP contribution in [-0.2, 0) is 0 Å². The first kappa shape index (κ1) is 26.4. The summed E-state index contributed by atoms with van der Waals surface area (Å²) in [5.41, 5.74) is 2.12. The SMILES string of the molecule is c1cc2cccc3c4ccc(N=C(N5CCCC5)N5CCCC5)c5c(N=C(N6CCCC6)N6CCCC6)ccc(c(c1)c23)c54. The molecule has 6 nitrogen and oxygen atoms in total. The summed E-state index contributed by atoms with van der Waals surface area (Å²) in [6.45, 7) is 8.82. The van der Waals surface area contributed by atoms with E-state index < -0.39 is 0 Å². The summed E-state index contributed by atoms with van der Waals surface area (Å²) < 4.78 is 0. The minimum Gasteiger partial charge on any atom is -0.343 e. The van der Waals surface area contributed by atoms with E-state index in [1.807, 2.05) is 0 Å². The molecule has 0 atom stereocenters. The molecule has 9 rings (SSSR count). The second-order valence-electron chi connectivity index (χ2n) is 13.3. The largest absolute Gasteiger partial charge is 0.343 e. The summed E-state index contributed by atoms with van der Waals surface area (Å²) >= 11 is 0. The average Bonchev–Trinajstić information content (AvgIpc) is 3.90. The molecule has 0 saturated carbocycles. The summed E-state index contributed by atoms with van der Waals surface area (Å²) in [7, 11) is 0. The molecule has 0 radical (unpaired) electrons. The van der Waals surface area contributed by atoms with Crippen LogP contribution in [0.5, 0.6) is 0 Å². The third kappa shape index (κ3) is 4.28. The molecule has 0 aliphatic carbocycles. The summed E-state index contributed by atoms with van der Waals surface area (Å²) in [4.78, 5) is 21.4. The van der Waals surface area contributed by atoms with E-state index in [1.54, 1.807) is 0 Å². The first-order chi connectivity index (χ1) is 21.8. The minimum absolute atomic E-state index is 1.06. The number of rotatable bonds is 2. The molecule has 4 aliphatic heterocycles. The van der Waals surface area contributed by atoms with Crippen molar-refractivity contribution < 1.29 is 0 Å². The van der Waals surface area contributed by atoms with Crippen molar-refractivity contribution in [3.05, 3.63) is 60.7 Å². The molecule has 4 fully saturated rings. The predicted molar refractivity (Wildman–Crippen MR) is 185 cm³/mol. The lowest BCUT2D eigenvalue weighted by atomic mass is 9.89. The highest BCUT2D eigenvalue weighted by Crippen LogP contribution is 2.46. The first-order valence-electron chi connectivity index (χ1n) is 17.1. The monoisotopic (exact) mass is 582 g/mol. The molecular formula is C38H42N6. The van der Waals surface area contributed by atoms with Gasteiger partial charge in [-0.3, -0.25) is 0 Å². The minimum atomic E-state index is 1.06. The van der Waals surface area contributed by atoms with Crippen LogP contribution in [0.1, 0.15) is 51.4 Å². The third-order valence-electron chi connectivity index (χ3n) is 10.6. The summed E-state index contributed by atoms with van der Waals surface area (Å²) in [5.74, 6) is 2.35. The number of benzene rings is 5. The van der Waals surface area contributed by atoms with Crippen LogP contribution < -0.4 is 0 Å². The zero-order valence-corrected chi connectivity index (χ0v) is 25.8. The van der Waals surface area contributed by atoms with E-state index in [4.69, 9.17) is 9.98 Å². The van der Waals surface area contributed by atoms with E-state index in [9.17, 15) is 0 Å². The van der Waals surface area contributed by atoms with E-state index in [-0.39, 0.29) is 0 Å². The lowest BCUT2D eigenvalue weighted by molar-refractivity contribution is 0.395. The van der Waals surface area contributed by atoms with Gasteiger partial charge in [-0.2, -0.15) is 0 Å². The Hall–Kier alpha value is -4.06. The van der Waals surface area contributed by atoms with Gasteiger partial charge in [0, 0.05) is 63.1 Å². The molecule has 4 aliphatic rings. The number of fused-ring (bicyclic) bond motifs is 2. The number of hydrogen-bond donors (Lipinski definition) is 0. The van der Waals surface area contributed by atoms with Crippen LogP contribution >= 0.6 is 0 Å². The molecule has 0 amide bonds. The van der Waals surface area contributed by atoms with Crippen molar-refractivity contribution in [3.8, 4) is 0 Å². The van der Waals surface area contributed by atoms with Gasteiger partial charge in [-0.25, -0.2) is 9.98 Å². The van der Waals surface area contributed by atoms with Crippen molar-refractivity contribution in [3.63, 3.8) is 0 Å². The highest BCUT2D eigenvalue weighted by Gasteiger charge is 2.27. The molecule has 0 N–H and O–H groups in total.